The third kappa shape index (κ3) is 2.71. The molecule has 27 heavy (non-hydrogen) atoms. The molecule has 10 heteroatoms. The van der Waals surface area contributed by atoms with Gasteiger partial charge in [0.05, 0.1) is 39.6 Å². The Morgan fingerprint density at radius 3 is 1.30 bits per heavy atom. The highest BCUT2D eigenvalue weighted by Crippen LogP contribution is 2.59. The van der Waals surface area contributed by atoms with Crippen LogP contribution in [0.1, 0.15) is 19.3 Å². The van der Waals surface area contributed by atoms with E-state index in [-0.39, 0.29) is 0 Å². The summed E-state index contributed by atoms with van der Waals surface area (Å²) in [5.74, 6) is -5.36. The molecule has 2 atom stereocenters. The van der Waals surface area contributed by atoms with Crippen molar-refractivity contribution in [1.82, 2.24) is 0 Å². The SMILES string of the molecule is COC(=O)C1=C(O)[C@]2(C(=O)OC)CC(C(=O)OC)=C(O)[C@](C(=O)OC)(C1)C2. The molecule has 0 aromatic heterocycles. The highest BCUT2D eigenvalue weighted by Gasteiger charge is 2.65. The molecule has 0 aromatic carbocycles. The third-order valence-corrected chi connectivity index (χ3v) is 5.05. The van der Waals surface area contributed by atoms with Gasteiger partial charge in [0.2, 0.25) is 0 Å². The van der Waals surface area contributed by atoms with Crippen LogP contribution in [-0.4, -0.2) is 62.5 Å². The van der Waals surface area contributed by atoms with Crippen LogP contribution in [0.3, 0.4) is 0 Å². The fraction of sp³-hybridized carbons (Fsp3) is 0.529. The molecule has 0 radical (unpaired) electrons. The Bertz CT molecular complexity index is 713. The van der Waals surface area contributed by atoms with Crippen molar-refractivity contribution < 1.29 is 48.3 Å². The lowest BCUT2D eigenvalue weighted by Gasteiger charge is -2.47. The van der Waals surface area contributed by atoms with E-state index in [9.17, 15) is 29.4 Å². The molecule has 2 rings (SSSR count). The zero-order valence-electron chi connectivity index (χ0n) is 15.3. The number of esters is 4. The van der Waals surface area contributed by atoms with Crippen LogP contribution in [0.5, 0.6) is 0 Å². The second kappa shape index (κ2) is 6.93. The van der Waals surface area contributed by atoms with Gasteiger partial charge in [0.25, 0.3) is 0 Å². The highest BCUT2D eigenvalue weighted by molar-refractivity contribution is 5.99. The fourth-order valence-corrected chi connectivity index (χ4v) is 3.78. The molecule has 0 heterocycles. The van der Waals surface area contributed by atoms with E-state index in [1.165, 1.54) is 0 Å². The van der Waals surface area contributed by atoms with Gasteiger partial charge in [-0.25, -0.2) is 9.59 Å². The predicted molar refractivity (Wildman–Crippen MR) is 86.1 cm³/mol. The number of hydrogen-bond donors (Lipinski definition) is 2. The summed E-state index contributed by atoms with van der Waals surface area (Å²) in [6, 6.07) is 0. The van der Waals surface area contributed by atoms with Gasteiger partial charge in [-0.15, -0.1) is 0 Å². The Kier molecular flexibility index (Phi) is 5.21. The summed E-state index contributed by atoms with van der Waals surface area (Å²) in [4.78, 5) is 49.5. The number of hydrogen-bond acceptors (Lipinski definition) is 10. The van der Waals surface area contributed by atoms with Crippen LogP contribution in [0.2, 0.25) is 0 Å². The number of aliphatic hydroxyl groups is 2. The normalized spacial score (nSPS) is 27.0. The maximum absolute atomic E-state index is 12.6. The van der Waals surface area contributed by atoms with Gasteiger partial charge < -0.3 is 29.2 Å². The Balaban J connectivity index is 2.88. The van der Waals surface area contributed by atoms with Crippen molar-refractivity contribution in [2.75, 3.05) is 28.4 Å². The van der Waals surface area contributed by atoms with Gasteiger partial charge in [-0.3, -0.25) is 9.59 Å². The van der Waals surface area contributed by atoms with Crippen LogP contribution in [0.4, 0.5) is 0 Å². The van der Waals surface area contributed by atoms with Crippen molar-refractivity contribution in [3.63, 3.8) is 0 Å². The lowest BCUT2D eigenvalue weighted by Crippen LogP contribution is -2.53. The first-order valence-electron chi connectivity index (χ1n) is 7.83. The van der Waals surface area contributed by atoms with Crippen molar-refractivity contribution in [2.45, 2.75) is 19.3 Å². The number of methoxy groups -OCH3 is 4. The lowest BCUT2D eigenvalue weighted by molar-refractivity contribution is -0.165. The van der Waals surface area contributed by atoms with Gasteiger partial charge in [0.15, 0.2) is 0 Å². The fourth-order valence-electron chi connectivity index (χ4n) is 3.78. The monoisotopic (exact) mass is 384 g/mol. The van der Waals surface area contributed by atoms with Crippen LogP contribution >= 0.6 is 0 Å². The highest BCUT2D eigenvalue weighted by atomic mass is 16.5. The second-order valence-electron chi connectivity index (χ2n) is 6.32. The molecule has 2 bridgehead atoms. The van der Waals surface area contributed by atoms with Crippen LogP contribution in [0, 0.1) is 10.8 Å². The molecular formula is C17H20O10. The van der Waals surface area contributed by atoms with E-state index in [2.05, 4.69) is 9.47 Å². The molecular weight excluding hydrogens is 364 g/mol. The van der Waals surface area contributed by atoms with Gasteiger partial charge in [-0.05, 0) is 6.42 Å². The quantitative estimate of drug-likeness (QED) is 0.518. The molecule has 0 amide bonds. The Morgan fingerprint density at radius 1 is 0.704 bits per heavy atom. The van der Waals surface area contributed by atoms with Crippen LogP contribution in [0.25, 0.3) is 0 Å². The van der Waals surface area contributed by atoms with Crippen molar-refractivity contribution in [2.24, 2.45) is 10.8 Å². The Hall–Kier alpha value is -3.04. The minimum absolute atomic E-state index is 0.394. The van der Waals surface area contributed by atoms with E-state index in [4.69, 9.17) is 9.47 Å². The van der Waals surface area contributed by atoms with E-state index in [1.54, 1.807) is 0 Å². The minimum atomic E-state index is -1.97. The molecule has 0 fully saturated rings. The van der Waals surface area contributed by atoms with E-state index < -0.39 is 76.6 Å². The number of ether oxygens (including phenoxy) is 4. The van der Waals surface area contributed by atoms with E-state index in [1.807, 2.05) is 0 Å². The maximum atomic E-state index is 12.6. The smallest absolute Gasteiger partial charge is 0.337 e. The lowest BCUT2D eigenvalue weighted by atomic mass is 9.55. The summed E-state index contributed by atoms with van der Waals surface area (Å²) >= 11 is 0. The zero-order chi connectivity index (χ0) is 20.6. The van der Waals surface area contributed by atoms with E-state index in [0.29, 0.717) is 0 Å². The average molecular weight is 384 g/mol. The predicted octanol–water partition coefficient (Wildman–Crippen LogP) is 0.473. The molecule has 0 aliphatic heterocycles. The number of aliphatic hydroxyl groups excluding tert-OH is 2. The molecule has 2 aliphatic carbocycles. The van der Waals surface area contributed by atoms with Gasteiger partial charge in [-0.2, -0.15) is 0 Å². The van der Waals surface area contributed by atoms with Gasteiger partial charge in [0.1, 0.15) is 22.3 Å². The van der Waals surface area contributed by atoms with Gasteiger partial charge in [0, 0.05) is 12.8 Å². The number of carbonyl (C=O) groups excluding carboxylic acids is 4. The largest absolute Gasteiger partial charge is 0.511 e. The molecule has 0 saturated carbocycles. The molecule has 2 N–H and O–H groups in total. The van der Waals surface area contributed by atoms with Gasteiger partial charge >= 0.3 is 23.9 Å². The molecule has 148 valence electrons. The van der Waals surface area contributed by atoms with E-state index in [0.717, 1.165) is 28.4 Å². The summed E-state index contributed by atoms with van der Waals surface area (Å²) in [5, 5.41) is 21.5. The molecule has 0 unspecified atom stereocenters. The molecule has 0 aromatic rings. The summed E-state index contributed by atoms with van der Waals surface area (Å²) < 4.78 is 18.8. The topological polar surface area (TPSA) is 146 Å². The number of rotatable bonds is 4. The van der Waals surface area contributed by atoms with Crippen molar-refractivity contribution in [1.29, 1.82) is 0 Å². The summed E-state index contributed by atoms with van der Waals surface area (Å²) in [7, 11) is 4.20. The average Bonchev–Trinajstić information content (AvgIpc) is 2.69. The Labute approximate surface area is 154 Å². The summed E-state index contributed by atoms with van der Waals surface area (Å²) in [6.07, 6.45) is -1.54. The second-order valence-corrected chi connectivity index (χ2v) is 6.32. The first-order chi connectivity index (χ1) is 12.6. The maximum Gasteiger partial charge on any atom is 0.337 e. The number of carbonyl (C=O) groups is 4. The molecule has 10 nitrogen and oxygen atoms in total. The molecule has 0 spiro atoms. The standard InChI is InChI=1S/C17H20O10/c1-24-12(20)8-5-16(14(22)26-3)7-17(10(8)18,15(23)27-4)6-9(11(16)19)13(21)25-2/h18-19H,5-7H2,1-4H3/t16-,17-/m0/s1. The van der Waals surface area contributed by atoms with Crippen molar-refractivity contribution in [3.8, 4) is 0 Å². The zero-order valence-corrected chi connectivity index (χ0v) is 15.3. The van der Waals surface area contributed by atoms with Crippen LogP contribution in [-0.2, 0) is 38.1 Å². The van der Waals surface area contributed by atoms with Crippen LogP contribution in [0.15, 0.2) is 22.7 Å². The van der Waals surface area contributed by atoms with Gasteiger partial charge in [-0.1, -0.05) is 0 Å². The molecule has 0 saturated heterocycles. The Morgan fingerprint density at radius 2 is 1.04 bits per heavy atom. The van der Waals surface area contributed by atoms with Crippen molar-refractivity contribution in [3.05, 3.63) is 22.7 Å². The first-order valence-corrected chi connectivity index (χ1v) is 7.83. The van der Waals surface area contributed by atoms with Crippen LogP contribution < -0.4 is 0 Å². The minimum Gasteiger partial charge on any atom is -0.511 e. The number of fused-ring (bicyclic) bond motifs is 2. The summed E-state index contributed by atoms with van der Waals surface area (Å²) in [5.41, 5.74) is -4.73. The van der Waals surface area contributed by atoms with Crippen molar-refractivity contribution >= 4 is 23.9 Å². The van der Waals surface area contributed by atoms with E-state index >= 15 is 0 Å². The first kappa shape index (κ1) is 20.3. The molecule has 2 aliphatic rings. The summed E-state index contributed by atoms with van der Waals surface area (Å²) in [6.45, 7) is 0. The third-order valence-electron chi connectivity index (χ3n) is 5.05.